The van der Waals surface area contributed by atoms with E-state index in [9.17, 15) is 0 Å². The molecule has 0 spiro atoms. The van der Waals surface area contributed by atoms with Crippen molar-refractivity contribution in [1.29, 1.82) is 0 Å². The number of aryl methyl sites for hydroxylation is 6. The van der Waals surface area contributed by atoms with E-state index in [1.165, 1.54) is 33.4 Å². The van der Waals surface area contributed by atoms with Gasteiger partial charge in [-0.2, -0.15) is 9.13 Å². The summed E-state index contributed by atoms with van der Waals surface area (Å²) in [5, 5.41) is 5.69. The van der Waals surface area contributed by atoms with Gasteiger partial charge in [0.1, 0.15) is 60.9 Å². The molecular weight excluding hydrogens is 1150 g/mol. The number of para-hydroxylation sites is 9. The lowest BCUT2D eigenvalue weighted by Crippen LogP contribution is -2.31. The number of benzene rings is 9. The molecule has 0 aliphatic carbocycles. The van der Waals surface area contributed by atoms with Gasteiger partial charge in [0.25, 0.3) is 5.52 Å². The van der Waals surface area contributed by atoms with E-state index in [0.717, 1.165) is 150 Å². The molecule has 0 radical (unpaired) electrons. The highest BCUT2D eigenvalue weighted by Gasteiger charge is 2.28. The molecular formula is C81H66N9O3+3. The smallest absolute Gasteiger partial charge is 0.381 e. The predicted molar refractivity (Wildman–Crippen MR) is 374 cm³/mol. The molecule has 0 fully saturated rings. The molecule has 9 heterocycles. The van der Waals surface area contributed by atoms with Gasteiger partial charge < -0.3 is 27.0 Å². The Labute approximate surface area is 536 Å². The molecule has 0 atom stereocenters. The number of furan rings is 3. The first kappa shape index (κ1) is 56.5. The summed E-state index contributed by atoms with van der Waals surface area (Å²) in [7, 11) is 12.5. The molecule has 12 nitrogen and oxygen atoms in total. The van der Waals surface area contributed by atoms with E-state index >= 15 is 0 Å². The molecule has 0 aliphatic rings. The van der Waals surface area contributed by atoms with Crippen LogP contribution >= 0.6 is 0 Å². The van der Waals surface area contributed by atoms with E-state index in [0.29, 0.717) is 0 Å². The van der Waals surface area contributed by atoms with E-state index in [1.807, 2.05) is 54.6 Å². The van der Waals surface area contributed by atoms with Crippen LogP contribution in [0.2, 0.25) is 0 Å². The molecule has 0 amide bonds. The van der Waals surface area contributed by atoms with Crippen LogP contribution in [0.1, 0.15) is 16.7 Å². The quantitative estimate of drug-likeness (QED) is 0.154. The maximum Gasteiger partial charge on any atom is 0.381 e. The van der Waals surface area contributed by atoms with Gasteiger partial charge in [-0.05, 0) is 135 Å². The molecule has 93 heavy (non-hydrogen) atoms. The van der Waals surface area contributed by atoms with Gasteiger partial charge in [0.05, 0.1) is 49.4 Å². The Bertz CT molecular complexity index is 6020. The van der Waals surface area contributed by atoms with Crippen LogP contribution in [-0.4, -0.2) is 28.7 Å². The molecule has 450 valence electrons. The average molecular weight is 1210 g/mol. The summed E-state index contributed by atoms with van der Waals surface area (Å²) in [5.74, 6) is 2.91. The number of aromatic nitrogens is 9. The first-order valence-electron chi connectivity index (χ1n) is 31.4. The van der Waals surface area contributed by atoms with Gasteiger partial charge in [-0.15, -0.1) is 0 Å². The van der Waals surface area contributed by atoms with E-state index in [-0.39, 0.29) is 0 Å². The van der Waals surface area contributed by atoms with Crippen LogP contribution in [0.3, 0.4) is 0 Å². The van der Waals surface area contributed by atoms with Crippen LogP contribution in [-0.2, 0) is 42.3 Å². The van der Waals surface area contributed by atoms with Crippen molar-refractivity contribution in [3.8, 4) is 67.9 Å². The summed E-state index contributed by atoms with van der Waals surface area (Å²) in [5.41, 5.74) is 26.9. The van der Waals surface area contributed by atoms with Gasteiger partial charge in [0.2, 0.25) is 17.1 Å². The van der Waals surface area contributed by atoms with Crippen LogP contribution in [0.5, 0.6) is 0 Å². The van der Waals surface area contributed by atoms with E-state index < -0.39 is 0 Å². The van der Waals surface area contributed by atoms with Crippen molar-refractivity contribution in [2.75, 3.05) is 0 Å². The van der Waals surface area contributed by atoms with Gasteiger partial charge in [0, 0.05) is 89.4 Å². The second kappa shape index (κ2) is 22.3. The molecule has 0 unspecified atom stereocenters. The molecule has 0 saturated carbocycles. The fraction of sp³-hybridized carbons (Fsp3) is 0.111. The summed E-state index contributed by atoms with van der Waals surface area (Å²) in [6.07, 6.45) is 2.09. The standard InChI is InChI=1S/3C27H22N3O/c1-17-19(27-28-20-11-5-6-12-21(20)30(27)3)16-24-26(18-10-4-7-14-23(18)31-24)25(17)22-13-8-9-15-29(22)2;1-17-18(10-8-11-19(17)26-28-22-12-5-6-13-24(22)29(26)2)23-16-15-21-20-9-4-7-14-25(20)31-27(21)30(23)3;1-17-18(10-8-11-19(17)27-28-21-12-5-6-13-23(21)30(27)3)22-15-16-25-26(29(22)2)20-9-4-7-14-24(20)31-25/h3*4-16H,1-3H3/q3*+1. The lowest BCUT2D eigenvalue weighted by atomic mass is 9.93. The van der Waals surface area contributed by atoms with E-state index in [1.54, 1.807) is 0 Å². The Balaban J connectivity index is 0.000000111. The number of hydrogen-bond acceptors (Lipinski definition) is 6. The number of hydrogen-bond donors (Lipinski definition) is 0. The van der Waals surface area contributed by atoms with Gasteiger partial charge in [-0.25, -0.2) is 19.5 Å². The summed E-state index contributed by atoms with van der Waals surface area (Å²) < 4.78 is 31.7. The number of nitrogens with zero attached hydrogens (tertiary/aromatic N) is 9. The Morgan fingerprint density at radius 2 is 0.785 bits per heavy atom. The van der Waals surface area contributed by atoms with Crippen molar-refractivity contribution in [3.05, 3.63) is 253 Å². The molecule has 12 heteroatoms. The Morgan fingerprint density at radius 1 is 0.333 bits per heavy atom. The third-order valence-electron chi connectivity index (χ3n) is 18.9. The van der Waals surface area contributed by atoms with E-state index in [2.05, 4.69) is 273 Å². The number of rotatable bonds is 6. The Hall–Kier alpha value is -11.8. The molecule has 0 aliphatic heterocycles. The molecule has 9 aromatic carbocycles. The molecule has 18 aromatic rings. The average Bonchev–Trinajstić information content (AvgIpc) is 1.65. The van der Waals surface area contributed by atoms with Crippen molar-refractivity contribution in [2.24, 2.45) is 42.3 Å². The number of fused-ring (bicyclic) bond motifs is 12. The van der Waals surface area contributed by atoms with Gasteiger partial charge >= 0.3 is 5.71 Å². The van der Waals surface area contributed by atoms with Crippen LogP contribution in [0, 0.1) is 20.8 Å². The highest BCUT2D eigenvalue weighted by Crippen LogP contribution is 2.43. The highest BCUT2D eigenvalue weighted by molar-refractivity contribution is 6.14. The van der Waals surface area contributed by atoms with Crippen molar-refractivity contribution in [3.63, 3.8) is 0 Å². The van der Waals surface area contributed by atoms with Gasteiger partial charge in [-0.3, -0.25) is 0 Å². The zero-order valence-electron chi connectivity index (χ0n) is 53.3. The summed E-state index contributed by atoms with van der Waals surface area (Å²) in [6.45, 7) is 6.55. The van der Waals surface area contributed by atoms with Crippen LogP contribution in [0.4, 0.5) is 0 Å². The van der Waals surface area contributed by atoms with Crippen LogP contribution < -0.4 is 13.7 Å². The summed E-state index contributed by atoms with van der Waals surface area (Å²) >= 11 is 0. The summed E-state index contributed by atoms with van der Waals surface area (Å²) in [4.78, 5) is 14.8. The minimum atomic E-state index is 0.881. The molecule has 18 rings (SSSR count). The molecule has 0 bridgehead atoms. The molecule has 0 N–H and O–H groups in total. The maximum atomic E-state index is 6.34. The van der Waals surface area contributed by atoms with Crippen molar-refractivity contribution >= 4 is 99.2 Å². The fourth-order valence-corrected chi connectivity index (χ4v) is 14.1. The Morgan fingerprint density at radius 3 is 1.35 bits per heavy atom. The molecule has 9 aromatic heterocycles. The third kappa shape index (κ3) is 9.19. The SMILES string of the molecule is Cc1c(-c2nc3ccccc3n2C)cc2oc3ccccc3c2c1-c1cccc[n+]1C.Cc1c(-c2nc3ccccc3n2C)cccc1-c1ccc2c3ccccc3oc2[n+]1C.Cc1c(-c2nc3ccccc3n2C)cccc1-c1ccc2oc3ccccc3c2[n+]1C. The minimum absolute atomic E-state index is 0.881. The first-order chi connectivity index (χ1) is 45.4. The predicted octanol–water partition coefficient (Wildman–Crippen LogP) is 17.8. The van der Waals surface area contributed by atoms with Crippen LogP contribution in [0.25, 0.3) is 167 Å². The van der Waals surface area contributed by atoms with E-state index in [4.69, 9.17) is 28.2 Å². The number of pyridine rings is 3. The topological polar surface area (TPSA) is 105 Å². The second-order valence-corrected chi connectivity index (χ2v) is 24.2. The lowest BCUT2D eigenvalue weighted by molar-refractivity contribution is -0.660. The zero-order chi connectivity index (χ0) is 63.3. The third-order valence-corrected chi connectivity index (χ3v) is 18.9. The fourth-order valence-electron chi connectivity index (χ4n) is 14.1. The number of imidazole rings is 3. The normalized spacial score (nSPS) is 11.7. The van der Waals surface area contributed by atoms with Gasteiger partial charge in [0.15, 0.2) is 11.8 Å². The Kier molecular flexibility index (Phi) is 13.6. The van der Waals surface area contributed by atoms with Crippen molar-refractivity contribution < 1.29 is 27.0 Å². The zero-order valence-corrected chi connectivity index (χ0v) is 53.3. The highest BCUT2D eigenvalue weighted by atomic mass is 16.3. The van der Waals surface area contributed by atoms with Crippen LogP contribution in [0.15, 0.2) is 250 Å². The van der Waals surface area contributed by atoms with Crippen molar-refractivity contribution in [2.45, 2.75) is 20.8 Å². The molecule has 0 saturated heterocycles. The first-order valence-corrected chi connectivity index (χ1v) is 31.4. The second-order valence-electron chi connectivity index (χ2n) is 24.2. The minimum Gasteiger partial charge on any atom is -0.456 e. The van der Waals surface area contributed by atoms with Gasteiger partial charge in [-0.1, -0.05) is 109 Å². The lowest BCUT2D eigenvalue weighted by Gasteiger charge is -2.12. The van der Waals surface area contributed by atoms with Crippen molar-refractivity contribution in [1.82, 2.24) is 28.7 Å². The largest absolute Gasteiger partial charge is 0.456 e. The monoisotopic (exact) mass is 1210 g/mol. The summed E-state index contributed by atoms with van der Waals surface area (Å²) in [6, 6.07) is 79.4. The maximum absolute atomic E-state index is 6.34.